The van der Waals surface area contributed by atoms with Crippen LogP contribution in [0.15, 0.2) is 42.5 Å². The van der Waals surface area contributed by atoms with E-state index in [9.17, 15) is 4.79 Å². The number of fused-ring (bicyclic) bond motifs is 1. The molecule has 0 fully saturated rings. The Bertz CT molecular complexity index is 784. The van der Waals surface area contributed by atoms with Gasteiger partial charge in [0.05, 0.1) is 0 Å². The molecule has 0 radical (unpaired) electrons. The number of ether oxygens (including phenoxy) is 2. The predicted octanol–water partition coefficient (Wildman–Crippen LogP) is 4.83. The SMILES string of the molecule is CC#C[C@H](CCCC)OC(=O)[C@@](C)(OC)c1ccc2ccccc2c1. The van der Waals surface area contributed by atoms with Crippen molar-refractivity contribution < 1.29 is 14.3 Å². The molecule has 132 valence electrons. The summed E-state index contributed by atoms with van der Waals surface area (Å²) < 4.78 is 11.3. The van der Waals surface area contributed by atoms with Crippen molar-refractivity contribution in [3.05, 3.63) is 48.0 Å². The molecule has 2 atom stereocenters. The van der Waals surface area contributed by atoms with Crippen LogP contribution < -0.4 is 0 Å². The molecule has 2 aromatic rings. The second-order valence-electron chi connectivity index (χ2n) is 6.23. The molecule has 3 heteroatoms. The topological polar surface area (TPSA) is 35.5 Å². The highest BCUT2D eigenvalue weighted by Gasteiger charge is 2.38. The van der Waals surface area contributed by atoms with Crippen LogP contribution in [0.2, 0.25) is 0 Å². The predicted molar refractivity (Wildman–Crippen MR) is 101 cm³/mol. The number of unbranched alkanes of at least 4 members (excludes halogenated alkanes) is 1. The molecule has 0 heterocycles. The maximum absolute atomic E-state index is 12.9. The molecule has 0 aromatic heterocycles. The molecule has 0 amide bonds. The van der Waals surface area contributed by atoms with Crippen LogP contribution in [0.4, 0.5) is 0 Å². The molecular weight excluding hydrogens is 312 g/mol. The van der Waals surface area contributed by atoms with Crippen LogP contribution in [0.3, 0.4) is 0 Å². The fourth-order valence-electron chi connectivity index (χ4n) is 2.76. The smallest absolute Gasteiger partial charge is 0.344 e. The third-order valence-corrected chi connectivity index (χ3v) is 4.47. The first-order chi connectivity index (χ1) is 12.0. The standard InChI is InChI=1S/C22H26O3/c1-5-7-13-20(10-6-2)25-21(23)22(3,24-4)19-15-14-17-11-8-9-12-18(17)16-19/h8-9,11-12,14-16,20H,5,7,13H2,1-4H3/t20-,22+/m1/s1. The van der Waals surface area contributed by atoms with E-state index in [0.717, 1.165) is 35.6 Å². The molecule has 0 saturated heterocycles. The van der Waals surface area contributed by atoms with Gasteiger partial charge in [-0.05, 0) is 49.1 Å². The number of esters is 1. The van der Waals surface area contributed by atoms with Gasteiger partial charge in [-0.1, -0.05) is 55.7 Å². The molecule has 2 rings (SSSR count). The highest BCUT2D eigenvalue weighted by molar-refractivity contribution is 5.87. The Morgan fingerprint density at radius 2 is 1.92 bits per heavy atom. The average Bonchev–Trinajstić information content (AvgIpc) is 2.65. The van der Waals surface area contributed by atoms with Gasteiger partial charge < -0.3 is 9.47 Å². The number of hydrogen-bond donors (Lipinski definition) is 0. The molecule has 0 saturated carbocycles. The van der Waals surface area contributed by atoms with Crippen molar-refractivity contribution in [3.8, 4) is 11.8 Å². The Morgan fingerprint density at radius 1 is 1.20 bits per heavy atom. The van der Waals surface area contributed by atoms with Crippen molar-refractivity contribution in [2.75, 3.05) is 7.11 Å². The Morgan fingerprint density at radius 3 is 2.56 bits per heavy atom. The zero-order valence-electron chi connectivity index (χ0n) is 15.5. The first-order valence-electron chi connectivity index (χ1n) is 8.73. The van der Waals surface area contributed by atoms with Crippen LogP contribution in [-0.4, -0.2) is 19.2 Å². The molecule has 0 spiro atoms. The van der Waals surface area contributed by atoms with Crippen LogP contribution in [-0.2, 0) is 19.9 Å². The highest BCUT2D eigenvalue weighted by Crippen LogP contribution is 2.30. The molecule has 25 heavy (non-hydrogen) atoms. The molecular formula is C22H26O3. The first kappa shape index (κ1) is 19.0. The van der Waals surface area contributed by atoms with E-state index in [4.69, 9.17) is 9.47 Å². The molecule has 0 aliphatic rings. The van der Waals surface area contributed by atoms with Crippen LogP contribution in [0.25, 0.3) is 10.8 Å². The van der Waals surface area contributed by atoms with Gasteiger partial charge in [0.1, 0.15) is 0 Å². The van der Waals surface area contributed by atoms with Crippen molar-refractivity contribution in [1.82, 2.24) is 0 Å². The van der Waals surface area contributed by atoms with E-state index in [1.165, 1.54) is 7.11 Å². The third-order valence-electron chi connectivity index (χ3n) is 4.47. The van der Waals surface area contributed by atoms with E-state index in [2.05, 4.69) is 18.8 Å². The summed E-state index contributed by atoms with van der Waals surface area (Å²) in [5.41, 5.74) is -0.387. The number of hydrogen-bond acceptors (Lipinski definition) is 3. The summed E-state index contributed by atoms with van der Waals surface area (Å²) in [7, 11) is 1.53. The van der Waals surface area contributed by atoms with Gasteiger partial charge in [0.2, 0.25) is 0 Å². The Kier molecular flexibility index (Phi) is 6.61. The summed E-state index contributed by atoms with van der Waals surface area (Å²) in [5, 5.41) is 2.18. The minimum Gasteiger partial charge on any atom is -0.447 e. The lowest BCUT2D eigenvalue weighted by molar-refractivity contribution is -0.171. The van der Waals surface area contributed by atoms with Crippen molar-refractivity contribution in [2.24, 2.45) is 0 Å². The Hall–Kier alpha value is -2.31. The second-order valence-corrected chi connectivity index (χ2v) is 6.23. The second kappa shape index (κ2) is 8.69. The third kappa shape index (κ3) is 4.41. The van der Waals surface area contributed by atoms with Gasteiger partial charge >= 0.3 is 5.97 Å². The highest BCUT2D eigenvalue weighted by atomic mass is 16.6. The first-order valence-corrected chi connectivity index (χ1v) is 8.73. The van der Waals surface area contributed by atoms with Gasteiger partial charge in [0, 0.05) is 7.11 Å². The summed E-state index contributed by atoms with van der Waals surface area (Å²) in [5.74, 6) is 5.42. The van der Waals surface area contributed by atoms with E-state index in [1.807, 2.05) is 42.5 Å². The molecule has 0 unspecified atom stereocenters. The molecule has 2 aromatic carbocycles. The van der Waals surface area contributed by atoms with Gasteiger partial charge in [0.25, 0.3) is 0 Å². The fraction of sp³-hybridized carbons (Fsp3) is 0.409. The van der Waals surface area contributed by atoms with Gasteiger partial charge in [-0.3, -0.25) is 0 Å². The maximum Gasteiger partial charge on any atom is 0.344 e. The van der Waals surface area contributed by atoms with Crippen LogP contribution in [0.5, 0.6) is 0 Å². The largest absolute Gasteiger partial charge is 0.447 e. The lowest BCUT2D eigenvalue weighted by Crippen LogP contribution is -2.38. The molecule has 3 nitrogen and oxygen atoms in total. The van der Waals surface area contributed by atoms with E-state index < -0.39 is 17.7 Å². The van der Waals surface area contributed by atoms with Crippen LogP contribution >= 0.6 is 0 Å². The van der Waals surface area contributed by atoms with Crippen molar-refractivity contribution >= 4 is 16.7 Å². The molecule has 0 aliphatic carbocycles. The summed E-state index contributed by atoms with van der Waals surface area (Å²) in [4.78, 5) is 12.9. The van der Waals surface area contributed by atoms with Crippen molar-refractivity contribution in [2.45, 2.75) is 51.7 Å². The number of methoxy groups -OCH3 is 1. The quantitative estimate of drug-likeness (QED) is 0.536. The summed E-state index contributed by atoms with van der Waals surface area (Å²) >= 11 is 0. The van der Waals surface area contributed by atoms with E-state index in [1.54, 1.807) is 13.8 Å². The van der Waals surface area contributed by atoms with E-state index in [0.29, 0.717) is 0 Å². The zero-order chi connectivity index (χ0) is 18.3. The number of benzene rings is 2. The summed E-state index contributed by atoms with van der Waals surface area (Å²) in [6.45, 7) is 5.61. The minimum atomic E-state index is -1.16. The molecule has 0 aliphatic heterocycles. The Balaban J connectivity index is 2.29. The minimum absolute atomic E-state index is 0.396. The van der Waals surface area contributed by atoms with Crippen molar-refractivity contribution in [3.63, 3.8) is 0 Å². The van der Waals surface area contributed by atoms with E-state index in [-0.39, 0.29) is 0 Å². The molecule has 0 bridgehead atoms. The Labute approximate surface area is 150 Å². The van der Waals surface area contributed by atoms with Gasteiger partial charge in [-0.15, -0.1) is 5.92 Å². The average molecular weight is 338 g/mol. The van der Waals surface area contributed by atoms with E-state index >= 15 is 0 Å². The maximum atomic E-state index is 12.9. The number of carbonyl (C=O) groups is 1. The van der Waals surface area contributed by atoms with Gasteiger partial charge in [-0.25, -0.2) is 4.79 Å². The van der Waals surface area contributed by atoms with Crippen LogP contribution in [0.1, 0.15) is 45.6 Å². The number of carbonyl (C=O) groups excluding carboxylic acids is 1. The van der Waals surface area contributed by atoms with Gasteiger partial charge in [-0.2, -0.15) is 0 Å². The van der Waals surface area contributed by atoms with Crippen molar-refractivity contribution in [1.29, 1.82) is 0 Å². The number of rotatable bonds is 7. The summed E-state index contributed by atoms with van der Waals surface area (Å²) in [6.07, 6.45) is 2.34. The molecule has 0 N–H and O–H groups in total. The lowest BCUT2D eigenvalue weighted by Gasteiger charge is -2.28. The summed E-state index contributed by atoms with van der Waals surface area (Å²) in [6, 6.07) is 13.9. The van der Waals surface area contributed by atoms with Gasteiger partial charge in [0.15, 0.2) is 11.7 Å². The lowest BCUT2D eigenvalue weighted by atomic mass is 9.93. The fourth-order valence-corrected chi connectivity index (χ4v) is 2.76. The normalized spacial score (nSPS) is 14.2. The van der Waals surface area contributed by atoms with Crippen LogP contribution in [0, 0.1) is 11.8 Å². The zero-order valence-corrected chi connectivity index (χ0v) is 15.5. The monoisotopic (exact) mass is 338 g/mol.